The van der Waals surface area contributed by atoms with Crippen molar-refractivity contribution in [2.24, 2.45) is 4.99 Å². The molecule has 1 heterocycles. The lowest BCUT2D eigenvalue weighted by atomic mass is 10.00. The fourth-order valence-electron chi connectivity index (χ4n) is 2.41. The molecule has 2 nitrogen and oxygen atoms in total. The normalized spacial score (nSPS) is 16.5. The van der Waals surface area contributed by atoms with E-state index in [2.05, 4.69) is 4.99 Å². The first-order chi connectivity index (χ1) is 11.5. The van der Waals surface area contributed by atoms with Gasteiger partial charge in [0.25, 0.3) is 0 Å². The van der Waals surface area contributed by atoms with Crippen LogP contribution >= 0.6 is 0 Å². The second-order valence-electron chi connectivity index (χ2n) is 5.77. The van der Waals surface area contributed by atoms with E-state index in [0.717, 1.165) is 11.6 Å². The molecule has 0 fully saturated rings. The van der Waals surface area contributed by atoms with E-state index in [1.165, 1.54) is 0 Å². The first kappa shape index (κ1) is 19.1. The largest absolute Gasteiger partial charge is 0.433 e. The highest BCUT2D eigenvalue weighted by molar-refractivity contribution is 5.88. The second kappa shape index (κ2) is 6.93. The minimum atomic E-state index is -4.97. The van der Waals surface area contributed by atoms with Gasteiger partial charge in [-0.1, -0.05) is 18.2 Å². The maximum absolute atomic E-state index is 13.1. The highest BCUT2D eigenvalue weighted by Gasteiger charge is 2.39. The van der Waals surface area contributed by atoms with Crippen LogP contribution in [-0.2, 0) is 6.42 Å². The zero-order valence-electron chi connectivity index (χ0n) is 13.3. The molecule has 1 aromatic rings. The predicted octanol–water partition coefficient (Wildman–Crippen LogP) is 5.29. The van der Waals surface area contributed by atoms with Crippen LogP contribution in [0.25, 0.3) is 0 Å². The summed E-state index contributed by atoms with van der Waals surface area (Å²) >= 11 is 0. The van der Waals surface area contributed by atoms with E-state index in [9.17, 15) is 26.3 Å². The zero-order chi connectivity index (χ0) is 18.8. The average molecular weight is 362 g/mol. The Bertz CT molecular complexity index is 738. The van der Waals surface area contributed by atoms with E-state index in [-0.39, 0.29) is 31.1 Å². The Balaban J connectivity index is 2.38. The van der Waals surface area contributed by atoms with Crippen molar-refractivity contribution in [3.63, 3.8) is 0 Å². The lowest BCUT2D eigenvalue weighted by Crippen LogP contribution is -2.18. The van der Waals surface area contributed by atoms with Crippen molar-refractivity contribution in [1.82, 2.24) is 0 Å². The Hall–Kier alpha value is -2.25. The van der Waals surface area contributed by atoms with Crippen molar-refractivity contribution in [3.8, 4) is 0 Å². The van der Waals surface area contributed by atoms with Crippen LogP contribution in [0.4, 0.5) is 32.0 Å². The molecule has 1 aliphatic heterocycles. The van der Waals surface area contributed by atoms with E-state index in [0.29, 0.717) is 11.3 Å². The molecule has 0 bridgehead atoms. The zero-order valence-corrected chi connectivity index (χ0v) is 13.3. The Kier molecular flexibility index (Phi) is 5.29. The number of hydrogen-bond donors (Lipinski definition) is 1. The van der Waals surface area contributed by atoms with Crippen LogP contribution in [0.1, 0.15) is 24.0 Å². The van der Waals surface area contributed by atoms with Gasteiger partial charge >= 0.3 is 12.4 Å². The third-order valence-electron chi connectivity index (χ3n) is 3.73. The maximum Gasteiger partial charge on any atom is 0.433 e. The molecule has 0 unspecified atom stereocenters. The van der Waals surface area contributed by atoms with Crippen molar-refractivity contribution in [3.05, 3.63) is 52.7 Å². The number of allylic oxidation sites excluding steroid dienone is 4. The molecular formula is C17H16F6N2. The third-order valence-corrected chi connectivity index (χ3v) is 3.73. The van der Waals surface area contributed by atoms with Gasteiger partial charge in [-0.2, -0.15) is 26.3 Å². The number of aryl methyl sites for hydroxylation is 1. The lowest BCUT2D eigenvalue weighted by molar-refractivity contribution is -0.0962. The fraction of sp³-hybridized carbons (Fsp3) is 0.353. The lowest BCUT2D eigenvalue weighted by Gasteiger charge is -2.16. The van der Waals surface area contributed by atoms with E-state index in [1.54, 1.807) is 25.1 Å². The molecule has 0 radical (unpaired) electrons. The first-order valence-corrected chi connectivity index (χ1v) is 7.44. The summed E-state index contributed by atoms with van der Waals surface area (Å²) in [7, 11) is 0. The van der Waals surface area contributed by atoms with Gasteiger partial charge in [0, 0.05) is 17.8 Å². The summed E-state index contributed by atoms with van der Waals surface area (Å²) in [6.07, 6.45) is -8.90. The number of hydrogen-bond acceptors (Lipinski definition) is 2. The number of nitrogens with zero attached hydrogens (tertiary/aromatic N) is 1. The maximum atomic E-state index is 13.1. The molecule has 136 valence electrons. The van der Waals surface area contributed by atoms with Gasteiger partial charge in [0.2, 0.25) is 0 Å². The SMILES string of the molecule is Cc1cc(CC2=NC(C(F)(F)F)=CC(C(F)(F)F)=CCC2)ccc1N. The van der Waals surface area contributed by atoms with Gasteiger partial charge < -0.3 is 5.73 Å². The van der Waals surface area contributed by atoms with Gasteiger partial charge in [0.15, 0.2) is 0 Å². The Morgan fingerprint density at radius 3 is 2.32 bits per heavy atom. The van der Waals surface area contributed by atoms with Crippen LogP contribution in [0.5, 0.6) is 0 Å². The number of aliphatic imine (C=N–C) groups is 1. The number of nitrogens with two attached hydrogens (primary N) is 1. The summed E-state index contributed by atoms with van der Waals surface area (Å²) < 4.78 is 77.6. The molecule has 25 heavy (non-hydrogen) atoms. The number of anilines is 1. The van der Waals surface area contributed by atoms with Gasteiger partial charge in [-0.25, -0.2) is 0 Å². The molecule has 2 rings (SSSR count). The quantitative estimate of drug-likeness (QED) is 0.563. The smallest absolute Gasteiger partial charge is 0.399 e. The number of alkyl halides is 6. The van der Waals surface area contributed by atoms with Crippen LogP contribution in [-0.4, -0.2) is 18.1 Å². The summed E-state index contributed by atoms with van der Waals surface area (Å²) in [5.41, 5.74) is 5.03. The molecule has 0 amide bonds. The Morgan fingerprint density at radius 2 is 1.76 bits per heavy atom. The van der Waals surface area contributed by atoms with E-state index in [1.807, 2.05) is 0 Å². The fourth-order valence-corrected chi connectivity index (χ4v) is 2.41. The number of benzene rings is 1. The van der Waals surface area contributed by atoms with E-state index >= 15 is 0 Å². The van der Waals surface area contributed by atoms with Crippen LogP contribution in [0.2, 0.25) is 0 Å². The highest BCUT2D eigenvalue weighted by atomic mass is 19.4. The minimum Gasteiger partial charge on any atom is -0.399 e. The standard InChI is InChI=1S/C17H16F6N2/c1-10-7-11(5-6-14(10)24)8-13-4-2-3-12(16(18,19)20)9-15(25-13)17(21,22)23/h3,5-7,9H,2,4,8,24H2,1H3. The average Bonchev–Trinajstić information content (AvgIpc) is 2.42. The molecule has 1 aromatic carbocycles. The molecule has 1 aliphatic rings. The van der Waals surface area contributed by atoms with Crippen molar-refractivity contribution >= 4 is 11.4 Å². The van der Waals surface area contributed by atoms with Crippen LogP contribution in [0.3, 0.4) is 0 Å². The topological polar surface area (TPSA) is 38.4 Å². The number of nitrogen functional groups attached to an aromatic ring is 1. The first-order valence-electron chi connectivity index (χ1n) is 7.44. The molecule has 0 saturated heterocycles. The van der Waals surface area contributed by atoms with Gasteiger partial charge in [0.1, 0.15) is 5.70 Å². The van der Waals surface area contributed by atoms with Crippen molar-refractivity contribution in [2.45, 2.75) is 38.5 Å². The molecule has 0 aliphatic carbocycles. The van der Waals surface area contributed by atoms with Crippen LogP contribution < -0.4 is 5.73 Å². The van der Waals surface area contributed by atoms with Crippen LogP contribution in [0.15, 0.2) is 46.6 Å². The van der Waals surface area contributed by atoms with Gasteiger partial charge in [-0.15, -0.1) is 0 Å². The molecule has 0 saturated carbocycles. The molecule has 0 spiro atoms. The minimum absolute atomic E-state index is 0.0103. The molecule has 8 heteroatoms. The monoisotopic (exact) mass is 362 g/mol. The third kappa shape index (κ3) is 5.11. The summed E-state index contributed by atoms with van der Waals surface area (Å²) in [5.74, 6) is 0. The van der Waals surface area contributed by atoms with Gasteiger partial charge in [-0.05, 0) is 43.0 Å². The van der Waals surface area contributed by atoms with Gasteiger partial charge in [0.05, 0.1) is 5.57 Å². The summed E-state index contributed by atoms with van der Waals surface area (Å²) in [6, 6.07) is 5.03. The summed E-state index contributed by atoms with van der Waals surface area (Å²) in [4.78, 5) is 3.50. The Morgan fingerprint density at radius 1 is 1.08 bits per heavy atom. The predicted molar refractivity (Wildman–Crippen MR) is 84.2 cm³/mol. The van der Waals surface area contributed by atoms with E-state index in [4.69, 9.17) is 5.73 Å². The molecule has 2 N–H and O–H groups in total. The number of halogens is 6. The molecule has 0 atom stereocenters. The summed E-state index contributed by atoms with van der Waals surface area (Å²) in [6.45, 7) is 1.76. The Labute approximate surface area is 140 Å². The van der Waals surface area contributed by atoms with Crippen LogP contribution in [0, 0.1) is 6.92 Å². The second-order valence-corrected chi connectivity index (χ2v) is 5.77. The number of rotatable bonds is 2. The van der Waals surface area contributed by atoms with Crippen molar-refractivity contribution in [2.75, 3.05) is 5.73 Å². The molecular weight excluding hydrogens is 346 g/mol. The van der Waals surface area contributed by atoms with Gasteiger partial charge in [-0.3, -0.25) is 4.99 Å². The van der Waals surface area contributed by atoms with Crippen molar-refractivity contribution in [1.29, 1.82) is 0 Å². The van der Waals surface area contributed by atoms with E-state index < -0.39 is 23.6 Å². The highest BCUT2D eigenvalue weighted by Crippen LogP contribution is 2.35. The molecule has 0 aromatic heterocycles. The van der Waals surface area contributed by atoms with Crippen molar-refractivity contribution < 1.29 is 26.3 Å². The summed E-state index contributed by atoms with van der Waals surface area (Å²) in [5, 5.41) is 0.